The molecule has 122 valence electrons. The molecule has 0 spiro atoms. The van der Waals surface area contributed by atoms with E-state index < -0.39 is 5.54 Å². The van der Waals surface area contributed by atoms with E-state index in [-0.39, 0.29) is 17.7 Å². The molecule has 2 aromatic carbocycles. The van der Waals surface area contributed by atoms with E-state index in [9.17, 15) is 4.79 Å². The van der Waals surface area contributed by atoms with Crippen molar-refractivity contribution in [3.8, 4) is 0 Å². The number of nitrogens with one attached hydrogen (secondary N) is 1. The van der Waals surface area contributed by atoms with Crippen molar-refractivity contribution in [3.05, 3.63) is 71.8 Å². The predicted octanol–water partition coefficient (Wildman–Crippen LogP) is 4.75. The highest BCUT2D eigenvalue weighted by molar-refractivity contribution is 5.79. The van der Waals surface area contributed by atoms with Crippen molar-refractivity contribution in [2.75, 3.05) is 0 Å². The first-order valence-electron chi connectivity index (χ1n) is 8.45. The maximum absolute atomic E-state index is 12.6. The summed E-state index contributed by atoms with van der Waals surface area (Å²) in [5, 5.41) is 3.37. The van der Waals surface area contributed by atoms with Gasteiger partial charge in [-0.15, -0.1) is 0 Å². The zero-order valence-corrected chi connectivity index (χ0v) is 14.5. The van der Waals surface area contributed by atoms with Crippen LogP contribution in [-0.2, 0) is 10.3 Å². The molecule has 0 aliphatic heterocycles. The maximum Gasteiger partial charge on any atom is 0.223 e. The molecule has 0 aliphatic carbocycles. The average molecular weight is 309 g/mol. The van der Waals surface area contributed by atoms with Crippen LogP contribution in [0.15, 0.2) is 60.7 Å². The average Bonchev–Trinajstić information content (AvgIpc) is 2.60. The number of benzene rings is 2. The second kappa shape index (κ2) is 7.45. The third-order valence-electron chi connectivity index (χ3n) is 4.65. The van der Waals surface area contributed by atoms with E-state index in [4.69, 9.17) is 0 Å². The van der Waals surface area contributed by atoms with Gasteiger partial charge in [0.15, 0.2) is 0 Å². The van der Waals surface area contributed by atoms with Crippen molar-refractivity contribution in [1.82, 2.24) is 5.32 Å². The van der Waals surface area contributed by atoms with Crippen LogP contribution in [0.5, 0.6) is 0 Å². The van der Waals surface area contributed by atoms with Gasteiger partial charge >= 0.3 is 0 Å². The van der Waals surface area contributed by atoms with Gasteiger partial charge in [0.2, 0.25) is 5.91 Å². The Morgan fingerprint density at radius 2 is 1.35 bits per heavy atom. The first-order valence-corrected chi connectivity index (χ1v) is 8.45. The van der Waals surface area contributed by atoms with Gasteiger partial charge < -0.3 is 5.32 Å². The lowest BCUT2D eigenvalue weighted by atomic mass is 9.72. The Hall–Kier alpha value is -2.09. The molecule has 23 heavy (non-hydrogen) atoms. The second-order valence-corrected chi connectivity index (χ2v) is 6.49. The van der Waals surface area contributed by atoms with E-state index >= 15 is 0 Å². The van der Waals surface area contributed by atoms with Crippen molar-refractivity contribution >= 4 is 5.91 Å². The maximum atomic E-state index is 12.6. The van der Waals surface area contributed by atoms with Crippen LogP contribution in [0.25, 0.3) is 0 Å². The van der Waals surface area contributed by atoms with E-state index in [0.29, 0.717) is 0 Å². The molecule has 0 heterocycles. The third kappa shape index (κ3) is 3.47. The van der Waals surface area contributed by atoms with Crippen molar-refractivity contribution < 1.29 is 4.79 Å². The Kier molecular flexibility index (Phi) is 5.59. The Morgan fingerprint density at radius 3 is 1.70 bits per heavy atom. The molecule has 0 fully saturated rings. The Balaban J connectivity index is 2.66. The van der Waals surface area contributed by atoms with Gasteiger partial charge in [0.05, 0.1) is 5.54 Å². The first-order chi connectivity index (χ1) is 11.0. The van der Waals surface area contributed by atoms with Gasteiger partial charge in [0.25, 0.3) is 0 Å². The quantitative estimate of drug-likeness (QED) is 0.820. The molecule has 2 heteroatoms. The summed E-state index contributed by atoms with van der Waals surface area (Å²) in [6.45, 7) is 8.26. The summed E-state index contributed by atoms with van der Waals surface area (Å²) >= 11 is 0. The second-order valence-electron chi connectivity index (χ2n) is 6.49. The van der Waals surface area contributed by atoms with Gasteiger partial charge in [-0.3, -0.25) is 4.79 Å². The topological polar surface area (TPSA) is 29.1 Å². The third-order valence-corrected chi connectivity index (χ3v) is 4.65. The molecule has 2 aromatic rings. The number of carbonyl (C=O) groups is 1. The summed E-state index contributed by atoms with van der Waals surface area (Å²) < 4.78 is 0. The van der Waals surface area contributed by atoms with Crippen LogP contribution >= 0.6 is 0 Å². The summed E-state index contributed by atoms with van der Waals surface area (Å²) in [6.07, 6.45) is 0.974. The Morgan fingerprint density at radius 1 is 0.913 bits per heavy atom. The number of hydrogen-bond donors (Lipinski definition) is 1. The van der Waals surface area contributed by atoms with Gasteiger partial charge in [0, 0.05) is 5.92 Å². The fourth-order valence-electron chi connectivity index (χ4n) is 3.05. The van der Waals surface area contributed by atoms with Crippen molar-refractivity contribution in [1.29, 1.82) is 0 Å². The zero-order chi connectivity index (χ0) is 16.9. The fourth-order valence-corrected chi connectivity index (χ4v) is 3.05. The molecule has 2 rings (SSSR count). The molecule has 0 bridgehead atoms. The highest BCUT2D eigenvalue weighted by Gasteiger charge is 2.40. The van der Waals surface area contributed by atoms with Crippen molar-refractivity contribution in [3.63, 3.8) is 0 Å². The standard InChI is InChI=1S/C21H27NO/c1-5-17(4)21(22-20(23)16(2)3,18-12-8-6-9-13-18)19-14-10-7-11-15-19/h6-17H,5H2,1-4H3,(H,22,23). The van der Waals surface area contributed by atoms with E-state index in [0.717, 1.165) is 17.5 Å². The minimum atomic E-state index is -0.501. The summed E-state index contributed by atoms with van der Waals surface area (Å²) in [5.41, 5.74) is 1.77. The summed E-state index contributed by atoms with van der Waals surface area (Å²) in [5.74, 6) is 0.305. The molecule has 2 nitrogen and oxygen atoms in total. The minimum absolute atomic E-state index is 0.0501. The molecule has 0 aromatic heterocycles. The molecule has 0 saturated carbocycles. The molecule has 1 unspecified atom stereocenters. The van der Waals surface area contributed by atoms with Gasteiger partial charge in [-0.05, 0) is 17.0 Å². The molecule has 0 aliphatic rings. The predicted molar refractivity (Wildman–Crippen MR) is 96.1 cm³/mol. The van der Waals surface area contributed by atoms with Crippen molar-refractivity contribution in [2.24, 2.45) is 11.8 Å². The highest BCUT2D eigenvalue weighted by atomic mass is 16.2. The van der Waals surface area contributed by atoms with Crippen LogP contribution in [0.2, 0.25) is 0 Å². The van der Waals surface area contributed by atoms with E-state index in [1.54, 1.807) is 0 Å². The summed E-state index contributed by atoms with van der Waals surface area (Å²) in [4.78, 5) is 12.6. The highest BCUT2D eigenvalue weighted by Crippen LogP contribution is 2.38. The van der Waals surface area contributed by atoms with Crippen LogP contribution in [0.4, 0.5) is 0 Å². The normalized spacial score (nSPS) is 12.9. The lowest BCUT2D eigenvalue weighted by Gasteiger charge is -2.41. The number of hydrogen-bond acceptors (Lipinski definition) is 1. The number of rotatable bonds is 6. The van der Waals surface area contributed by atoms with Crippen molar-refractivity contribution in [2.45, 2.75) is 39.7 Å². The molecule has 1 N–H and O–H groups in total. The van der Waals surface area contributed by atoms with E-state index in [2.05, 4.69) is 43.4 Å². The smallest absolute Gasteiger partial charge is 0.223 e. The van der Waals surface area contributed by atoms with Gasteiger partial charge in [-0.25, -0.2) is 0 Å². The molecule has 0 radical (unpaired) electrons. The molecular weight excluding hydrogens is 282 g/mol. The van der Waals surface area contributed by atoms with Crippen LogP contribution in [0.3, 0.4) is 0 Å². The van der Waals surface area contributed by atoms with Crippen LogP contribution in [-0.4, -0.2) is 5.91 Å². The summed E-state index contributed by atoms with van der Waals surface area (Å²) in [7, 11) is 0. The van der Waals surface area contributed by atoms with Gasteiger partial charge in [-0.1, -0.05) is 94.8 Å². The fraction of sp³-hybridized carbons (Fsp3) is 0.381. The number of carbonyl (C=O) groups excluding carboxylic acids is 1. The lowest BCUT2D eigenvalue weighted by molar-refractivity contribution is -0.126. The molecule has 0 saturated heterocycles. The Bertz CT molecular complexity index is 579. The van der Waals surface area contributed by atoms with Gasteiger partial charge in [-0.2, -0.15) is 0 Å². The number of amides is 1. The molecule has 1 atom stereocenters. The van der Waals surface area contributed by atoms with Crippen LogP contribution in [0.1, 0.15) is 45.2 Å². The van der Waals surface area contributed by atoms with Crippen LogP contribution < -0.4 is 5.32 Å². The van der Waals surface area contributed by atoms with Crippen LogP contribution in [0, 0.1) is 11.8 Å². The van der Waals surface area contributed by atoms with E-state index in [1.807, 2.05) is 50.2 Å². The SMILES string of the molecule is CCC(C)C(NC(=O)C(C)C)(c1ccccc1)c1ccccc1. The lowest BCUT2D eigenvalue weighted by Crippen LogP contribution is -2.52. The van der Waals surface area contributed by atoms with Gasteiger partial charge in [0.1, 0.15) is 0 Å². The zero-order valence-electron chi connectivity index (χ0n) is 14.5. The summed E-state index contributed by atoms with van der Waals surface area (Å²) in [6, 6.07) is 20.6. The molecular formula is C21H27NO. The first kappa shape index (κ1) is 17.3. The largest absolute Gasteiger partial charge is 0.342 e. The minimum Gasteiger partial charge on any atom is -0.342 e. The van der Waals surface area contributed by atoms with E-state index in [1.165, 1.54) is 0 Å². The monoisotopic (exact) mass is 309 g/mol. The molecule has 1 amide bonds. The Labute approximate surface area is 139 Å².